The zero-order valence-corrected chi connectivity index (χ0v) is 33.0. The first-order chi connectivity index (χ1) is 30.3. The van der Waals surface area contributed by atoms with Crippen LogP contribution >= 0.6 is 0 Å². The third-order valence-electron chi connectivity index (χ3n) is 13.4. The normalized spacial score (nSPS) is 12.3. The van der Waals surface area contributed by atoms with E-state index in [9.17, 15) is 0 Å². The van der Waals surface area contributed by atoms with Gasteiger partial charge in [-0.3, -0.25) is 0 Å². The molecule has 14 rings (SSSR count). The van der Waals surface area contributed by atoms with Crippen LogP contribution in [0.2, 0.25) is 0 Å². The summed E-state index contributed by atoms with van der Waals surface area (Å²) in [5, 5.41) is 12.7. The van der Waals surface area contributed by atoms with Crippen molar-refractivity contribution in [1.82, 2.24) is 13.5 Å². The Morgan fingerprint density at radius 3 is 1.43 bits per heavy atom. The second-order valence-corrected chi connectivity index (χ2v) is 16.5. The summed E-state index contributed by atoms with van der Waals surface area (Å²) >= 11 is 0. The van der Waals surface area contributed by atoms with E-state index in [4.69, 9.17) is 0 Å². The SMILES string of the molecule is c1ccc(-n2c3ccccc3c3cc(-c4ccc5c(c4)c4ccccc4n5-c4ccc(-c5ccc6c7cccc8c9ccccc9n(c6c5)c87)c5ccccc45)ccc32)cc1. The van der Waals surface area contributed by atoms with Crippen molar-refractivity contribution in [2.75, 3.05) is 0 Å². The van der Waals surface area contributed by atoms with Crippen LogP contribution in [-0.2, 0) is 0 Å². The minimum Gasteiger partial charge on any atom is -0.309 e. The molecule has 14 aromatic rings. The van der Waals surface area contributed by atoms with Crippen molar-refractivity contribution in [2.24, 2.45) is 0 Å². The number of benzene rings is 10. The summed E-state index contributed by atoms with van der Waals surface area (Å²) in [6, 6.07) is 78.4. The van der Waals surface area contributed by atoms with Gasteiger partial charge in [-0.2, -0.15) is 0 Å². The van der Waals surface area contributed by atoms with Gasteiger partial charge in [0.05, 0.1) is 44.3 Å². The molecule has 4 heterocycles. The lowest BCUT2D eigenvalue weighted by Crippen LogP contribution is -1.96. The van der Waals surface area contributed by atoms with E-state index in [0.717, 1.165) is 0 Å². The third-order valence-corrected chi connectivity index (χ3v) is 13.4. The molecular weight excluding hydrogens is 739 g/mol. The average Bonchev–Trinajstić information content (AvgIpc) is 4.05. The molecule has 0 aliphatic rings. The molecule has 0 fully saturated rings. The average molecular weight is 774 g/mol. The fourth-order valence-electron chi connectivity index (χ4n) is 10.7. The standard InChI is InChI=1S/C58H35N3/c1-2-13-39(14-3-1)59-51-22-9-7-18-44(51)49-33-36(26-30-55(49)59)37-27-31-56-50(34-37)45-19-8-10-23-52(45)60(56)54-32-29-40(41-15-4-5-16-42(41)54)38-25-28-46-48-21-12-20-47-43-17-6-11-24-53(43)61(58(47)48)57(46)35-38/h1-35H. The van der Waals surface area contributed by atoms with Gasteiger partial charge in [-0.1, -0.05) is 146 Å². The lowest BCUT2D eigenvalue weighted by Gasteiger charge is -2.15. The van der Waals surface area contributed by atoms with Gasteiger partial charge in [0, 0.05) is 54.2 Å². The van der Waals surface area contributed by atoms with E-state index >= 15 is 0 Å². The molecular formula is C58H35N3. The van der Waals surface area contributed by atoms with E-state index in [2.05, 4.69) is 226 Å². The Morgan fingerprint density at radius 1 is 0.246 bits per heavy atom. The molecule has 3 nitrogen and oxygen atoms in total. The van der Waals surface area contributed by atoms with Crippen LogP contribution in [0.15, 0.2) is 212 Å². The van der Waals surface area contributed by atoms with Crippen LogP contribution in [0.4, 0.5) is 0 Å². The zero-order valence-electron chi connectivity index (χ0n) is 33.0. The first-order valence-corrected chi connectivity index (χ1v) is 21.1. The third kappa shape index (κ3) is 4.47. The van der Waals surface area contributed by atoms with Gasteiger partial charge >= 0.3 is 0 Å². The maximum atomic E-state index is 2.47. The molecule has 10 aromatic carbocycles. The Labute approximate surface area is 350 Å². The van der Waals surface area contributed by atoms with Gasteiger partial charge in [-0.05, 0) is 94.4 Å². The van der Waals surface area contributed by atoms with E-state index in [0.29, 0.717) is 0 Å². The predicted octanol–water partition coefficient (Wildman–Crippen LogP) is 15.5. The molecule has 282 valence electrons. The quantitative estimate of drug-likeness (QED) is 0.169. The fourth-order valence-corrected chi connectivity index (χ4v) is 10.7. The molecule has 3 heteroatoms. The smallest absolute Gasteiger partial charge is 0.0620 e. The molecule has 0 aliphatic heterocycles. The summed E-state index contributed by atoms with van der Waals surface area (Å²) < 4.78 is 7.33. The summed E-state index contributed by atoms with van der Waals surface area (Å²) in [4.78, 5) is 0. The van der Waals surface area contributed by atoms with Crippen molar-refractivity contribution in [3.8, 4) is 33.6 Å². The zero-order chi connectivity index (χ0) is 39.8. The molecule has 0 saturated heterocycles. The largest absolute Gasteiger partial charge is 0.309 e. The highest BCUT2D eigenvalue weighted by Gasteiger charge is 2.20. The topological polar surface area (TPSA) is 14.3 Å². The molecule has 0 radical (unpaired) electrons. The molecule has 0 saturated carbocycles. The Bertz CT molecular complexity index is 4100. The van der Waals surface area contributed by atoms with E-state index in [1.165, 1.54) is 126 Å². The van der Waals surface area contributed by atoms with Crippen molar-refractivity contribution >= 4 is 92.5 Å². The molecule has 0 atom stereocenters. The van der Waals surface area contributed by atoms with Crippen molar-refractivity contribution in [3.63, 3.8) is 0 Å². The van der Waals surface area contributed by atoms with Crippen molar-refractivity contribution in [3.05, 3.63) is 212 Å². The van der Waals surface area contributed by atoms with E-state index in [1.54, 1.807) is 0 Å². The first-order valence-electron chi connectivity index (χ1n) is 21.1. The van der Waals surface area contributed by atoms with Crippen LogP contribution in [0.3, 0.4) is 0 Å². The monoisotopic (exact) mass is 773 g/mol. The van der Waals surface area contributed by atoms with Crippen LogP contribution < -0.4 is 0 Å². The molecule has 4 aromatic heterocycles. The summed E-state index contributed by atoms with van der Waals surface area (Å²) in [6.45, 7) is 0. The van der Waals surface area contributed by atoms with E-state index in [1.807, 2.05) is 0 Å². The molecule has 0 spiro atoms. The molecule has 0 amide bonds. The minimum absolute atomic E-state index is 1.17. The van der Waals surface area contributed by atoms with Crippen LogP contribution in [0, 0.1) is 0 Å². The molecule has 0 aliphatic carbocycles. The Balaban J connectivity index is 0.940. The molecule has 61 heavy (non-hydrogen) atoms. The number of nitrogens with zero attached hydrogens (tertiary/aromatic N) is 3. The van der Waals surface area contributed by atoms with Gasteiger partial charge in [0.1, 0.15) is 0 Å². The van der Waals surface area contributed by atoms with Crippen LogP contribution in [0.5, 0.6) is 0 Å². The number of rotatable bonds is 4. The van der Waals surface area contributed by atoms with Gasteiger partial charge in [0.2, 0.25) is 0 Å². The number of hydrogen-bond donors (Lipinski definition) is 0. The van der Waals surface area contributed by atoms with Crippen molar-refractivity contribution < 1.29 is 0 Å². The van der Waals surface area contributed by atoms with Gasteiger partial charge in [0.15, 0.2) is 0 Å². The molecule has 0 bridgehead atoms. The fraction of sp³-hybridized carbons (Fsp3) is 0. The Kier molecular flexibility index (Phi) is 6.56. The number of aromatic nitrogens is 3. The van der Waals surface area contributed by atoms with Crippen LogP contribution in [0.1, 0.15) is 0 Å². The first kappa shape index (κ1) is 32.8. The highest BCUT2D eigenvalue weighted by Crippen LogP contribution is 2.43. The predicted molar refractivity (Wildman–Crippen MR) is 258 cm³/mol. The molecule has 0 N–H and O–H groups in total. The lowest BCUT2D eigenvalue weighted by atomic mass is 9.96. The number of para-hydroxylation sites is 5. The van der Waals surface area contributed by atoms with Crippen LogP contribution in [-0.4, -0.2) is 13.5 Å². The van der Waals surface area contributed by atoms with Crippen molar-refractivity contribution in [1.29, 1.82) is 0 Å². The minimum atomic E-state index is 1.17. The maximum absolute atomic E-state index is 2.47. The van der Waals surface area contributed by atoms with Crippen molar-refractivity contribution in [2.45, 2.75) is 0 Å². The van der Waals surface area contributed by atoms with Gasteiger partial charge in [-0.25, -0.2) is 0 Å². The summed E-state index contributed by atoms with van der Waals surface area (Å²) in [7, 11) is 0. The number of hydrogen-bond acceptors (Lipinski definition) is 0. The molecule has 0 unspecified atom stereocenters. The lowest BCUT2D eigenvalue weighted by molar-refractivity contribution is 1.18. The highest BCUT2D eigenvalue weighted by molar-refractivity contribution is 6.24. The van der Waals surface area contributed by atoms with E-state index < -0.39 is 0 Å². The Hall–Kier alpha value is -8.14. The summed E-state index contributed by atoms with van der Waals surface area (Å²) in [6.07, 6.45) is 0. The van der Waals surface area contributed by atoms with E-state index in [-0.39, 0.29) is 0 Å². The second kappa shape index (κ2) is 12.2. The van der Waals surface area contributed by atoms with Crippen LogP contribution in [0.25, 0.3) is 126 Å². The maximum Gasteiger partial charge on any atom is 0.0620 e. The van der Waals surface area contributed by atoms with Gasteiger partial charge in [-0.15, -0.1) is 0 Å². The van der Waals surface area contributed by atoms with Gasteiger partial charge < -0.3 is 13.5 Å². The van der Waals surface area contributed by atoms with Gasteiger partial charge in [0.25, 0.3) is 0 Å². The Morgan fingerprint density at radius 2 is 0.738 bits per heavy atom. The number of fused-ring (bicyclic) bond motifs is 13. The summed E-state index contributed by atoms with van der Waals surface area (Å²) in [5.41, 5.74) is 15.9. The second-order valence-electron chi connectivity index (χ2n) is 16.5. The highest BCUT2D eigenvalue weighted by atomic mass is 15.0. The summed E-state index contributed by atoms with van der Waals surface area (Å²) in [5.74, 6) is 0.